The van der Waals surface area contributed by atoms with Crippen LogP contribution in [0.5, 0.6) is 5.75 Å². The number of aromatic carboxylic acids is 1. The topological polar surface area (TPSA) is 143 Å². The number of carboxylic acids is 1. The number of phenols is 1. The van der Waals surface area contributed by atoms with Gasteiger partial charge in [-0.3, -0.25) is 16.6 Å². The van der Waals surface area contributed by atoms with E-state index in [1.165, 1.54) is 19.2 Å². The predicted octanol–water partition coefficient (Wildman–Crippen LogP) is 4.17. The first-order chi connectivity index (χ1) is 20.1. The third-order valence-electron chi connectivity index (χ3n) is 5.81. The smallest absolute Gasteiger partial charge is 0.616 e. The van der Waals surface area contributed by atoms with Crippen LogP contribution >= 0.6 is 0 Å². The summed E-state index contributed by atoms with van der Waals surface area (Å²) in [5.74, 6) is -3.68. The van der Waals surface area contributed by atoms with Crippen LogP contribution in [-0.4, -0.2) is 63.3 Å². The Labute approximate surface area is 329 Å². The van der Waals surface area contributed by atoms with Crippen LogP contribution in [0.15, 0.2) is 48.7 Å². The van der Waals surface area contributed by atoms with Crippen molar-refractivity contribution < 1.29 is 107 Å². The molecule has 0 saturated heterocycles. The molecular weight excluding hydrogens is 986 g/mol. The Hall–Kier alpha value is -3.53. The van der Waals surface area contributed by atoms with Gasteiger partial charge in [-0.2, -0.15) is 0 Å². The van der Waals surface area contributed by atoms with Crippen molar-refractivity contribution in [2.45, 2.75) is 46.6 Å². The second-order valence-electron chi connectivity index (χ2n) is 10.6. The molecular formula is C33H42CsF2N4O6Rf-3. The molecule has 0 atom stereocenters. The largest absolute Gasteiger partial charge is 1.00 e. The molecule has 3 aromatic rings. The number of carbonyl (C=O) groups excluding carboxylic acids is 2. The van der Waals surface area contributed by atoms with E-state index in [1.807, 2.05) is 11.0 Å². The predicted molar refractivity (Wildman–Crippen MR) is 171 cm³/mol. The van der Waals surface area contributed by atoms with Gasteiger partial charge in [-0.25, -0.2) is 18.6 Å². The Morgan fingerprint density at radius 2 is 1.64 bits per heavy atom. The fourth-order valence-corrected chi connectivity index (χ4v) is 3.53. The molecule has 2 aromatic carbocycles. The number of anilines is 1. The molecule has 250 valence electrons. The zero-order valence-corrected chi connectivity index (χ0v) is 41.2. The Morgan fingerprint density at radius 3 is 2.19 bits per heavy atom. The third-order valence-corrected chi connectivity index (χ3v) is 5.81. The number of carboxylic acid groups (broad SMARTS) is 1. The van der Waals surface area contributed by atoms with Crippen LogP contribution in [-0.2, 0) is 11.2 Å². The van der Waals surface area contributed by atoms with Crippen LogP contribution < -0.4 is 74.2 Å². The van der Waals surface area contributed by atoms with E-state index in [9.17, 15) is 28.3 Å². The van der Waals surface area contributed by atoms with E-state index in [2.05, 4.69) is 22.7 Å². The first-order valence-corrected chi connectivity index (χ1v) is 13.3. The molecule has 0 spiro atoms. The van der Waals surface area contributed by atoms with Gasteiger partial charge in [0.25, 0.3) is 5.91 Å². The summed E-state index contributed by atoms with van der Waals surface area (Å²) < 4.78 is 31.9. The molecule has 3 rings (SSSR count). The average molecular weight is 1030 g/mol. The Morgan fingerprint density at radius 1 is 1.00 bits per heavy atom. The van der Waals surface area contributed by atoms with Crippen LogP contribution in [0.4, 0.5) is 19.4 Å². The summed E-state index contributed by atoms with van der Waals surface area (Å²) in [4.78, 5) is 39.9. The zero-order chi connectivity index (χ0) is 32.3. The molecule has 1 heterocycles. The standard InChI is InChI=1S/C17H26FN2O2.C14H11FN2O4.2CH3.Cs.Rf/c1-13-6-7-14(12-15(13)18)8-10-20(5)11-9-19-16(21)22-17(2,3)4;1-7-5-11(18)9(14(20)21)6-8(7)13(19)17-12-10(15)3-2-4-16-12;;;;/h6-7,12H,5,8-11H2,1-4H3,(H,19,21);2-6,18H,1H3,(H,20,21)(H,16,17,19);2*1H3;;/q-1;;2*-1;+1;/p-1. The number of amides is 2. The normalized spacial score (nSPS) is 9.98. The van der Waals surface area contributed by atoms with Gasteiger partial charge < -0.3 is 45.3 Å². The summed E-state index contributed by atoms with van der Waals surface area (Å²) in [6.45, 7) is 10.2. The van der Waals surface area contributed by atoms with Crippen molar-refractivity contribution >= 4 is 23.8 Å². The third kappa shape index (κ3) is 16.7. The van der Waals surface area contributed by atoms with Gasteiger partial charge in [-0.15, -0.1) is 6.54 Å². The van der Waals surface area contributed by atoms with Crippen molar-refractivity contribution in [3.05, 3.63) is 115 Å². The summed E-state index contributed by atoms with van der Waals surface area (Å²) in [5, 5.41) is 24.5. The summed E-state index contributed by atoms with van der Waals surface area (Å²) in [7, 11) is 3.89. The van der Waals surface area contributed by atoms with E-state index in [0.717, 1.165) is 23.8 Å². The Kier molecular flexibility index (Phi) is 22.5. The SMILES string of the molecule is Cc1cc(O)c(C(=O)O)cc1C(=O)Nc1ncccc1F.[CH2-]N(CC[N-]C(=O)OC(C)(C)C)CCc1ccc(C)c(F)c1.[CH3-].[CH3-].[Cs+].[Rf]. The minimum atomic E-state index is -1.37. The van der Waals surface area contributed by atoms with E-state index < -0.39 is 40.7 Å². The number of rotatable bonds is 9. The number of hydrogen-bond donors (Lipinski definition) is 3. The molecule has 0 aliphatic rings. The van der Waals surface area contributed by atoms with Crippen LogP contribution in [0, 0.1) is 47.4 Å². The summed E-state index contributed by atoms with van der Waals surface area (Å²) in [6, 6.07) is 9.94. The maximum Gasteiger partial charge on any atom is 1.00 e. The number of carbonyl (C=O) groups is 3. The van der Waals surface area contributed by atoms with Crippen molar-refractivity contribution in [1.82, 2.24) is 9.88 Å². The molecule has 2 amide bonds. The number of hydrogen-bond acceptors (Lipinski definition) is 7. The molecule has 0 saturated carbocycles. The molecule has 0 unspecified atom stereocenters. The number of nitrogens with one attached hydrogen (secondary N) is 1. The number of aryl methyl sites for hydroxylation is 2. The van der Waals surface area contributed by atoms with Crippen molar-refractivity contribution in [3.8, 4) is 5.75 Å². The second kappa shape index (κ2) is 22.1. The fraction of sp³-hybridized carbons (Fsp3) is 0.303. The van der Waals surface area contributed by atoms with Crippen molar-refractivity contribution in [2.75, 3.05) is 25.0 Å². The van der Waals surface area contributed by atoms with E-state index >= 15 is 0 Å². The molecule has 0 aliphatic carbocycles. The van der Waals surface area contributed by atoms with Gasteiger partial charge in [0.2, 0.25) is 6.09 Å². The van der Waals surface area contributed by atoms with Crippen LogP contribution in [0.25, 0.3) is 5.32 Å². The number of pyridine rings is 1. The number of aromatic nitrogens is 1. The summed E-state index contributed by atoms with van der Waals surface area (Å²) in [6.07, 6.45) is 1.46. The maximum absolute atomic E-state index is 13.4. The molecule has 0 bridgehead atoms. The van der Waals surface area contributed by atoms with Gasteiger partial charge in [0.1, 0.15) is 22.7 Å². The van der Waals surface area contributed by atoms with Gasteiger partial charge in [0, 0.05) is 11.8 Å². The quantitative estimate of drug-likeness (QED) is 0.272. The summed E-state index contributed by atoms with van der Waals surface area (Å²) >= 11 is 0. The average Bonchev–Trinajstić information content (AvgIpc) is 2.90. The van der Waals surface area contributed by atoms with Crippen molar-refractivity contribution in [3.63, 3.8) is 0 Å². The van der Waals surface area contributed by atoms with E-state index in [-0.39, 0.29) is 101 Å². The number of benzene rings is 2. The number of ether oxygens (including phenoxy) is 1. The molecule has 1 aromatic heterocycles. The number of nitrogens with zero attached hydrogens (tertiary/aromatic N) is 3. The molecule has 0 fully saturated rings. The maximum atomic E-state index is 13.4. The minimum absolute atomic E-state index is 0. The van der Waals surface area contributed by atoms with Crippen molar-refractivity contribution in [2.24, 2.45) is 0 Å². The van der Waals surface area contributed by atoms with Gasteiger partial charge >= 0.3 is 74.9 Å². The molecule has 0 radical (unpaired) electrons. The Balaban J connectivity index is -0.000000760. The molecule has 14 heteroatoms. The van der Waals surface area contributed by atoms with Gasteiger partial charge in [0.05, 0.1) is 0 Å². The number of aromatic hydroxyl groups is 1. The zero-order valence-electron chi connectivity index (χ0n) is 28.5. The minimum Gasteiger partial charge on any atom is -0.616 e. The van der Waals surface area contributed by atoms with Crippen LogP contribution in [0.3, 0.4) is 0 Å². The van der Waals surface area contributed by atoms with Crippen molar-refractivity contribution in [1.29, 1.82) is 0 Å². The fourth-order valence-electron chi connectivity index (χ4n) is 3.53. The van der Waals surface area contributed by atoms with Crippen LogP contribution in [0.2, 0.25) is 0 Å². The number of halogens is 2. The summed E-state index contributed by atoms with van der Waals surface area (Å²) in [5.41, 5.74) is 1.00. The monoisotopic (exact) mass is 1030 g/mol. The van der Waals surface area contributed by atoms with Gasteiger partial charge in [-0.05, 0) is 101 Å². The van der Waals surface area contributed by atoms with Crippen LogP contribution in [0.1, 0.15) is 58.2 Å². The molecule has 10 nitrogen and oxygen atoms in total. The molecule has 47 heavy (non-hydrogen) atoms. The van der Waals surface area contributed by atoms with Gasteiger partial charge in [0.15, 0.2) is 11.6 Å². The van der Waals surface area contributed by atoms with E-state index in [0.29, 0.717) is 37.2 Å². The second-order valence-corrected chi connectivity index (χ2v) is 10.6. The molecule has 0 aliphatic heterocycles. The first kappa shape index (κ1) is 47.9. The van der Waals surface area contributed by atoms with E-state index in [4.69, 9.17) is 9.84 Å². The van der Waals surface area contributed by atoms with Gasteiger partial charge in [-0.1, -0.05) is 12.1 Å². The Bertz CT molecular complexity index is 1460. The van der Waals surface area contributed by atoms with E-state index in [1.54, 1.807) is 39.8 Å². The molecule has 3 N–H and O–H groups in total. The first-order valence-electron chi connectivity index (χ1n) is 13.3.